The van der Waals surface area contributed by atoms with E-state index in [-0.39, 0.29) is 10.7 Å². The van der Waals surface area contributed by atoms with Gasteiger partial charge in [0.15, 0.2) is 11.2 Å². The number of nitrogens with one attached hydrogen (secondary N) is 1. The monoisotopic (exact) mass is 424 g/mol. The van der Waals surface area contributed by atoms with E-state index in [4.69, 9.17) is 22.1 Å². The van der Waals surface area contributed by atoms with Crippen molar-refractivity contribution in [3.8, 4) is 5.75 Å². The fraction of sp³-hybridized carbons (Fsp3) is 0.182. The number of carbonyl (C=O) groups is 3. The Balaban J connectivity index is 1.90. The molecule has 3 rings (SSSR count). The lowest BCUT2D eigenvalue weighted by atomic mass is 10.0. The summed E-state index contributed by atoms with van der Waals surface area (Å²) in [4.78, 5) is 37.8. The van der Waals surface area contributed by atoms with Gasteiger partial charge in [-0.05, 0) is 61.0 Å². The van der Waals surface area contributed by atoms with Gasteiger partial charge in [-0.1, -0.05) is 37.3 Å². The fourth-order valence-corrected chi connectivity index (χ4v) is 3.24. The molecule has 0 spiro atoms. The molecule has 0 saturated carbocycles. The van der Waals surface area contributed by atoms with Crippen molar-refractivity contribution in [1.82, 2.24) is 5.32 Å². The number of carbonyl (C=O) groups excluding carboxylic acids is 2. The first-order valence-electron chi connectivity index (χ1n) is 9.30. The summed E-state index contributed by atoms with van der Waals surface area (Å²) in [6.45, 7) is 3.40. The third kappa shape index (κ3) is 4.38. The number of carboxylic acids is 1. The third-order valence-corrected chi connectivity index (χ3v) is 4.85. The molecule has 1 saturated heterocycles. The van der Waals surface area contributed by atoms with Gasteiger partial charge >= 0.3 is 5.97 Å². The normalized spacial score (nSPS) is 16.4. The summed E-state index contributed by atoms with van der Waals surface area (Å²) in [5, 5.41) is 11.5. The van der Waals surface area contributed by atoms with Crippen LogP contribution in [0.15, 0.2) is 54.1 Å². The van der Waals surface area contributed by atoms with E-state index in [2.05, 4.69) is 5.32 Å². The molecule has 2 aromatic rings. The molecular formula is C22H20N2O5S. The number of hydrogen-bond donors (Lipinski definition) is 2. The van der Waals surface area contributed by atoms with Crippen molar-refractivity contribution in [2.24, 2.45) is 0 Å². The number of benzene rings is 2. The molecule has 7 nitrogen and oxygen atoms in total. The maximum atomic E-state index is 13.1. The number of hydrogen-bond acceptors (Lipinski definition) is 5. The van der Waals surface area contributed by atoms with Gasteiger partial charge in [-0.3, -0.25) is 19.8 Å². The maximum absolute atomic E-state index is 13.1. The van der Waals surface area contributed by atoms with Crippen LogP contribution in [0.3, 0.4) is 0 Å². The van der Waals surface area contributed by atoms with Crippen LogP contribution < -0.4 is 15.0 Å². The Kier molecular flexibility index (Phi) is 6.27. The van der Waals surface area contributed by atoms with Crippen LogP contribution in [-0.4, -0.2) is 34.1 Å². The molecule has 30 heavy (non-hydrogen) atoms. The van der Waals surface area contributed by atoms with Crippen molar-refractivity contribution in [3.05, 3.63) is 65.2 Å². The number of para-hydroxylation sites is 1. The van der Waals surface area contributed by atoms with E-state index in [1.807, 2.05) is 19.1 Å². The summed E-state index contributed by atoms with van der Waals surface area (Å²) in [6.07, 6.45) is 1.17. The van der Waals surface area contributed by atoms with Crippen molar-refractivity contribution < 1.29 is 24.2 Å². The van der Waals surface area contributed by atoms with Crippen molar-refractivity contribution in [1.29, 1.82) is 0 Å². The van der Waals surface area contributed by atoms with E-state index in [1.165, 1.54) is 17.9 Å². The number of aryl methyl sites for hydroxylation is 1. The number of anilines is 1. The van der Waals surface area contributed by atoms with Gasteiger partial charge in [0.05, 0.1) is 5.69 Å². The molecule has 2 N–H and O–H groups in total. The number of rotatable bonds is 6. The molecule has 2 amide bonds. The predicted molar refractivity (Wildman–Crippen MR) is 116 cm³/mol. The third-order valence-electron chi connectivity index (χ3n) is 4.57. The average molecular weight is 424 g/mol. The van der Waals surface area contributed by atoms with Gasteiger partial charge in [0.2, 0.25) is 0 Å². The molecule has 1 aliphatic rings. The van der Waals surface area contributed by atoms with E-state index in [9.17, 15) is 14.4 Å². The van der Waals surface area contributed by atoms with Gasteiger partial charge < -0.3 is 9.84 Å². The Bertz CT molecular complexity index is 1050. The van der Waals surface area contributed by atoms with Crippen molar-refractivity contribution in [2.75, 3.05) is 4.90 Å². The molecule has 1 fully saturated rings. The highest BCUT2D eigenvalue weighted by Crippen LogP contribution is 2.26. The summed E-state index contributed by atoms with van der Waals surface area (Å²) in [5.41, 5.74) is 2.09. The lowest BCUT2D eigenvalue weighted by Gasteiger charge is -2.30. The highest BCUT2D eigenvalue weighted by molar-refractivity contribution is 7.80. The summed E-state index contributed by atoms with van der Waals surface area (Å²) in [5.74, 6) is -1.79. The molecule has 154 valence electrons. The Morgan fingerprint density at radius 2 is 1.87 bits per heavy atom. The summed E-state index contributed by atoms with van der Waals surface area (Å²) >= 11 is 5.25. The van der Waals surface area contributed by atoms with Gasteiger partial charge in [-0.2, -0.15) is 0 Å². The van der Waals surface area contributed by atoms with Gasteiger partial charge in [-0.25, -0.2) is 4.79 Å². The zero-order valence-electron chi connectivity index (χ0n) is 16.4. The number of amides is 2. The zero-order chi connectivity index (χ0) is 21.8. The SMILES string of the molecule is CCc1ccccc1N1C(=O)/C(=C/c2ccc(OC(C)C(=O)O)cc2)C(=O)NC1=S. The average Bonchev–Trinajstić information content (AvgIpc) is 2.72. The number of aliphatic carboxylic acids is 1. The first-order valence-corrected chi connectivity index (χ1v) is 9.71. The Morgan fingerprint density at radius 3 is 2.50 bits per heavy atom. The number of carboxylic acid groups (broad SMARTS) is 1. The van der Waals surface area contributed by atoms with E-state index >= 15 is 0 Å². The minimum Gasteiger partial charge on any atom is -0.479 e. The van der Waals surface area contributed by atoms with Crippen LogP contribution in [0.4, 0.5) is 5.69 Å². The smallest absolute Gasteiger partial charge is 0.344 e. The summed E-state index contributed by atoms with van der Waals surface area (Å²) < 4.78 is 5.29. The topological polar surface area (TPSA) is 95.9 Å². The first kappa shape index (κ1) is 21.2. The van der Waals surface area contributed by atoms with Crippen molar-refractivity contribution in [3.63, 3.8) is 0 Å². The minimum atomic E-state index is -1.07. The Labute approximate surface area is 179 Å². The molecule has 1 unspecified atom stereocenters. The lowest BCUT2D eigenvalue weighted by molar-refractivity contribution is -0.144. The summed E-state index contributed by atoms with van der Waals surface area (Å²) in [7, 11) is 0. The highest BCUT2D eigenvalue weighted by Gasteiger charge is 2.35. The molecule has 8 heteroatoms. The second kappa shape index (κ2) is 8.87. The van der Waals surface area contributed by atoms with Crippen LogP contribution in [0, 0.1) is 0 Å². The number of nitrogens with zero attached hydrogens (tertiary/aromatic N) is 1. The number of thiocarbonyl (C=S) groups is 1. The highest BCUT2D eigenvalue weighted by atomic mass is 32.1. The molecule has 1 heterocycles. The van der Waals surface area contributed by atoms with E-state index in [0.29, 0.717) is 23.4 Å². The quantitative estimate of drug-likeness (QED) is 0.421. The zero-order valence-corrected chi connectivity index (χ0v) is 17.2. The van der Waals surface area contributed by atoms with Crippen LogP contribution in [0.25, 0.3) is 6.08 Å². The van der Waals surface area contributed by atoms with Gasteiger partial charge in [0.1, 0.15) is 11.3 Å². The molecule has 0 aromatic heterocycles. The molecule has 0 aliphatic carbocycles. The second-order valence-electron chi connectivity index (χ2n) is 6.61. The van der Waals surface area contributed by atoms with Gasteiger partial charge in [-0.15, -0.1) is 0 Å². The molecule has 0 bridgehead atoms. The molecule has 0 radical (unpaired) electrons. The van der Waals surface area contributed by atoms with E-state index < -0.39 is 23.9 Å². The van der Waals surface area contributed by atoms with Gasteiger partial charge in [0, 0.05) is 0 Å². The van der Waals surface area contributed by atoms with Crippen LogP contribution in [0.2, 0.25) is 0 Å². The molecule has 1 atom stereocenters. The minimum absolute atomic E-state index is 0.0365. The number of ether oxygens (including phenoxy) is 1. The van der Waals surface area contributed by atoms with Crippen LogP contribution >= 0.6 is 12.2 Å². The predicted octanol–water partition coefficient (Wildman–Crippen LogP) is 2.93. The first-order chi connectivity index (χ1) is 14.3. The van der Waals surface area contributed by atoms with Crippen LogP contribution in [0.1, 0.15) is 25.0 Å². The maximum Gasteiger partial charge on any atom is 0.344 e. The fourth-order valence-electron chi connectivity index (χ4n) is 2.97. The molecular weight excluding hydrogens is 404 g/mol. The Hall–Kier alpha value is -3.52. The molecule has 2 aromatic carbocycles. The van der Waals surface area contributed by atoms with Crippen molar-refractivity contribution in [2.45, 2.75) is 26.4 Å². The van der Waals surface area contributed by atoms with Crippen LogP contribution in [-0.2, 0) is 20.8 Å². The standard InChI is InChI=1S/C22H20N2O5S/c1-3-15-6-4-5-7-18(15)24-20(26)17(19(25)23-22(24)30)12-14-8-10-16(11-9-14)29-13(2)21(27)28/h4-13H,3H2,1-2H3,(H,27,28)(H,23,25,30)/b17-12+. The largest absolute Gasteiger partial charge is 0.479 e. The second-order valence-corrected chi connectivity index (χ2v) is 6.99. The Morgan fingerprint density at radius 1 is 1.20 bits per heavy atom. The summed E-state index contributed by atoms with van der Waals surface area (Å²) in [6, 6.07) is 13.8. The van der Waals surface area contributed by atoms with E-state index in [0.717, 1.165) is 5.56 Å². The van der Waals surface area contributed by atoms with E-state index in [1.54, 1.807) is 36.4 Å². The van der Waals surface area contributed by atoms with Crippen LogP contribution in [0.5, 0.6) is 5.75 Å². The van der Waals surface area contributed by atoms with Gasteiger partial charge in [0.25, 0.3) is 11.8 Å². The molecule has 1 aliphatic heterocycles. The lowest BCUT2D eigenvalue weighted by Crippen LogP contribution is -2.54. The van der Waals surface area contributed by atoms with Crippen molar-refractivity contribution >= 4 is 46.9 Å².